The number of hydrogen-bond acceptors (Lipinski definition) is 6. The Morgan fingerprint density at radius 3 is 2.62 bits per heavy atom. The average Bonchev–Trinajstić information content (AvgIpc) is 3.46. The molecule has 0 bridgehead atoms. The van der Waals surface area contributed by atoms with Gasteiger partial charge in [0.2, 0.25) is 0 Å². The highest BCUT2D eigenvalue weighted by atomic mass is 16.6. The van der Waals surface area contributed by atoms with E-state index in [1.807, 2.05) is 36.4 Å². The van der Waals surface area contributed by atoms with Crippen LogP contribution in [0.4, 0.5) is 5.69 Å². The lowest BCUT2D eigenvalue weighted by Crippen LogP contribution is -2.16. The number of carbonyl (C=O) groups is 1. The van der Waals surface area contributed by atoms with Gasteiger partial charge in [-0.15, -0.1) is 0 Å². The van der Waals surface area contributed by atoms with Crippen LogP contribution < -0.4 is 5.43 Å². The van der Waals surface area contributed by atoms with Crippen LogP contribution in [0.5, 0.6) is 0 Å². The summed E-state index contributed by atoms with van der Waals surface area (Å²) in [7, 11) is 0. The third kappa shape index (κ3) is 3.50. The molecule has 5 aromatic rings. The minimum Gasteiger partial charge on any atom is -0.455 e. The summed E-state index contributed by atoms with van der Waals surface area (Å²) >= 11 is 0. The molecule has 156 valence electrons. The van der Waals surface area contributed by atoms with Crippen LogP contribution in [-0.4, -0.2) is 17.0 Å². The molecule has 2 heterocycles. The predicted molar refractivity (Wildman–Crippen MR) is 120 cm³/mol. The lowest BCUT2D eigenvalue weighted by molar-refractivity contribution is -0.384. The molecule has 0 atom stereocenters. The summed E-state index contributed by atoms with van der Waals surface area (Å²) in [6.45, 7) is 0. The van der Waals surface area contributed by atoms with E-state index in [-0.39, 0.29) is 11.4 Å². The number of nitro groups is 1. The van der Waals surface area contributed by atoms with Crippen molar-refractivity contribution < 1.29 is 18.6 Å². The Bertz CT molecular complexity index is 1510. The molecule has 5 rings (SSSR count). The van der Waals surface area contributed by atoms with Crippen molar-refractivity contribution in [2.75, 3.05) is 0 Å². The van der Waals surface area contributed by atoms with Gasteiger partial charge in [0.1, 0.15) is 17.1 Å². The van der Waals surface area contributed by atoms with E-state index in [0.717, 1.165) is 16.2 Å². The number of rotatable bonds is 5. The highest BCUT2D eigenvalue weighted by Crippen LogP contribution is 2.31. The minimum atomic E-state index is -0.507. The van der Waals surface area contributed by atoms with Crippen LogP contribution in [0.1, 0.15) is 16.3 Å². The van der Waals surface area contributed by atoms with Crippen LogP contribution in [0.2, 0.25) is 0 Å². The smallest absolute Gasteiger partial charge is 0.307 e. The summed E-state index contributed by atoms with van der Waals surface area (Å²) < 4.78 is 11.3. The van der Waals surface area contributed by atoms with E-state index < -0.39 is 10.8 Å². The quantitative estimate of drug-likeness (QED) is 0.226. The molecule has 0 radical (unpaired) electrons. The second-order valence-corrected chi connectivity index (χ2v) is 6.98. The number of amides is 1. The first-order valence-corrected chi connectivity index (χ1v) is 9.68. The largest absolute Gasteiger partial charge is 0.455 e. The van der Waals surface area contributed by atoms with Gasteiger partial charge in [0.25, 0.3) is 5.69 Å². The third-order valence-electron chi connectivity index (χ3n) is 5.00. The van der Waals surface area contributed by atoms with E-state index in [1.54, 1.807) is 36.4 Å². The van der Waals surface area contributed by atoms with Gasteiger partial charge in [-0.05, 0) is 41.1 Å². The molecular formula is C24H15N3O5. The number of fused-ring (bicyclic) bond motifs is 3. The summed E-state index contributed by atoms with van der Waals surface area (Å²) in [6, 6.07) is 22.8. The summed E-state index contributed by atoms with van der Waals surface area (Å²) in [5.74, 6) is 0.281. The molecular weight excluding hydrogens is 410 g/mol. The van der Waals surface area contributed by atoms with Crippen LogP contribution >= 0.6 is 0 Å². The van der Waals surface area contributed by atoms with Crippen molar-refractivity contribution in [1.29, 1.82) is 0 Å². The second-order valence-electron chi connectivity index (χ2n) is 6.98. The number of nitro benzene ring substituents is 1. The van der Waals surface area contributed by atoms with E-state index in [1.165, 1.54) is 12.3 Å². The Kier molecular flexibility index (Phi) is 4.72. The highest BCUT2D eigenvalue weighted by Gasteiger charge is 2.17. The van der Waals surface area contributed by atoms with Gasteiger partial charge in [-0.25, -0.2) is 5.43 Å². The molecule has 0 saturated carbocycles. The fourth-order valence-electron chi connectivity index (χ4n) is 3.52. The first kappa shape index (κ1) is 19.3. The van der Waals surface area contributed by atoms with Crippen LogP contribution in [0.25, 0.3) is 33.1 Å². The van der Waals surface area contributed by atoms with Gasteiger partial charge in [-0.3, -0.25) is 14.9 Å². The van der Waals surface area contributed by atoms with Crippen molar-refractivity contribution in [1.82, 2.24) is 5.43 Å². The van der Waals surface area contributed by atoms with Crippen LogP contribution in [0.15, 0.2) is 92.8 Å². The van der Waals surface area contributed by atoms with Crippen molar-refractivity contribution in [3.63, 3.8) is 0 Å². The maximum atomic E-state index is 12.5. The van der Waals surface area contributed by atoms with Gasteiger partial charge < -0.3 is 8.83 Å². The van der Waals surface area contributed by atoms with Gasteiger partial charge in [0.15, 0.2) is 5.76 Å². The minimum absolute atomic E-state index is 0.0592. The Labute approximate surface area is 180 Å². The molecule has 0 spiro atoms. The molecule has 3 aromatic carbocycles. The normalized spacial score (nSPS) is 11.4. The third-order valence-corrected chi connectivity index (χ3v) is 5.00. The monoisotopic (exact) mass is 425 g/mol. The lowest BCUT2D eigenvalue weighted by atomic mass is 10.1. The molecule has 0 aliphatic carbocycles. The first-order chi connectivity index (χ1) is 15.6. The molecule has 0 saturated heterocycles. The van der Waals surface area contributed by atoms with Gasteiger partial charge in [-0.1, -0.05) is 42.5 Å². The average molecular weight is 425 g/mol. The summed E-state index contributed by atoms with van der Waals surface area (Å²) in [4.78, 5) is 23.2. The molecule has 0 fully saturated rings. The molecule has 0 aliphatic heterocycles. The van der Waals surface area contributed by atoms with Crippen LogP contribution in [0, 0.1) is 10.1 Å². The maximum Gasteiger partial charge on any atom is 0.307 e. The Balaban J connectivity index is 1.33. The molecule has 1 amide bonds. The second kappa shape index (κ2) is 7.84. The Morgan fingerprint density at radius 2 is 1.75 bits per heavy atom. The Morgan fingerprint density at radius 1 is 0.938 bits per heavy atom. The highest BCUT2D eigenvalue weighted by molar-refractivity contribution is 6.08. The summed E-state index contributed by atoms with van der Waals surface area (Å²) in [5, 5.41) is 18.0. The van der Waals surface area contributed by atoms with Gasteiger partial charge in [-0.2, -0.15) is 5.10 Å². The summed E-state index contributed by atoms with van der Waals surface area (Å²) in [6.07, 6.45) is 1.31. The topological polar surface area (TPSA) is 111 Å². The number of hydrazone groups is 1. The van der Waals surface area contributed by atoms with E-state index in [2.05, 4.69) is 10.5 Å². The van der Waals surface area contributed by atoms with Gasteiger partial charge in [0, 0.05) is 11.5 Å². The SMILES string of the molecule is O=C(NN=Cc1ccc(-c2ccccc2[N+](=O)[O-])o1)c1cc2c(ccc3ccccc32)o1. The van der Waals surface area contributed by atoms with Gasteiger partial charge >= 0.3 is 5.91 Å². The summed E-state index contributed by atoms with van der Waals surface area (Å²) in [5.41, 5.74) is 3.31. The number of benzene rings is 3. The van der Waals surface area contributed by atoms with Crippen LogP contribution in [0.3, 0.4) is 0 Å². The van der Waals surface area contributed by atoms with E-state index >= 15 is 0 Å². The molecule has 0 aliphatic rings. The maximum absolute atomic E-state index is 12.5. The first-order valence-electron chi connectivity index (χ1n) is 9.68. The number of hydrogen-bond donors (Lipinski definition) is 1. The molecule has 1 N–H and O–H groups in total. The molecule has 8 nitrogen and oxygen atoms in total. The van der Waals surface area contributed by atoms with E-state index in [4.69, 9.17) is 8.83 Å². The fraction of sp³-hybridized carbons (Fsp3) is 0. The zero-order chi connectivity index (χ0) is 22.1. The molecule has 2 aromatic heterocycles. The standard InChI is InChI=1S/C24H15N3O5/c28-24(23-13-19-17-6-2-1-5-15(17)9-11-22(19)32-23)26-25-14-16-10-12-21(31-16)18-7-3-4-8-20(18)27(29)30/h1-14H,(H,26,28). The molecule has 0 unspecified atom stereocenters. The zero-order valence-corrected chi connectivity index (χ0v) is 16.5. The fourth-order valence-corrected chi connectivity index (χ4v) is 3.52. The molecule has 32 heavy (non-hydrogen) atoms. The van der Waals surface area contributed by atoms with Gasteiger partial charge in [0.05, 0.1) is 16.7 Å². The van der Waals surface area contributed by atoms with Crippen LogP contribution in [-0.2, 0) is 0 Å². The van der Waals surface area contributed by atoms with Crippen molar-refractivity contribution in [3.05, 3.63) is 100 Å². The molecule has 8 heteroatoms. The number of furan rings is 2. The van der Waals surface area contributed by atoms with Crippen molar-refractivity contribution >= 4 is 39.6 Å². The zero-order valence-electron chi connectivity index (χ0n) is 16.5. The number of nitrogens with one attached hydrogen (secondary N) is 1. The number of para-hydroxylation sites is 1. The van der Waals surface area contributed by atoms with E-state index in [0.29, 0.717) is 22.7 Å². The predicted octanol–water partition coefficient (Wildman–Crippen LogP) is 5.52. The van der Waals surface area contributed by atoms with Crippen molar-refractivity contribution in [2.24, 2.45) is 5.10 Å². The van der Waals surface area contributed by atoms with E-state index in [9.17, 15) is 14.9 Å². The number of carbonyl (C=O) groups excluding carboxylic acids is 1. The Hall–Kier alpha value is -4.72. The lowest BCUT2D eigenvalue weighted by Gasteiger charge is -1.98. The van der Waals surface area contributed by atoms with Crippen molar-refractivity contribution in [2.45, 2.75) is 0 Å². The van der Waals surface area contributed by atoms with Crippen molar-refractivity contribution in [3.8, 4) is 11.3 Å². The number of nitrogens with zero attached hydrogens (tertiary/aromatic N) is 2.